The number of nitrogens with zero attached hydrogens (tertiary/aromatic N) is 1. The number of aromatic nitrogens is 2. The zero-order chi connectivity index (χ0) is 12.1. The first-order valence-corrected chi connectivity index (χ1v) is 6.55. The number of aromatic amines is 1. The van der Waals surface area contributed by atoms with Gasteiger partial charge in [-0.3, -0.25) is 9.89 Å². The smallest absolute Gasteiger partial charge is 0.254 e. The highest BCUT2D eigenvalue weighted by Crippen LogP contribution is 2.28. The first-order chi connectivity index (χ1) is 8.27. The van der Waals surface area contributed by atoms with Crippen molar-refractivity contribution in [1.29, 1.82) is 0 Å². The highest BCUT2D eigenvalue weighted by molar-refractivity contribution is 5.94. The van der Waals surface area contributed by atoms with Gasteiger partial charge in [-0.2, -0.15) is 5.10 Å². The van der Waals surface area contributed by atoms with Crippen molar-refractivity contribution in [3.63, 3.8) is 0 Å². The Hall–Kier alpha value is -1.32. The van der Waals surface area contributed by atoms with Crippen molar-refractivity contribution in [3.8, 4) is 0 Å². The summed E-state index contributed by atoms with van der Waals surface area (Å²) in [6, 6.07) is 0. The van der Waals surface area contributed by atoms with Crippen molar-refractivity contribution in [2.24, 2.45) is 5.92 Å². The maximum absolute atomic E-state index is 11.8. The molecule has 1 fully saturated rings. The molecular formula is C13H21N3O. The summed E-state index contributed by atoms with van der Waals surface area (Å²) in [7, 11) is 0. The minimum Gasteiger partial charge on any atom is -0.352 e. The number of nitrogens with one attached hydrogen (secondary N) is 2. The van der Waals surface area contributed by atoms with Gasteiger partial charge < -0.3 is 5.32 Å². The molecule has 1 aromatic rings. The van der Waals surface area contributed by atoms with Gasteiger partial charge in [-0.15, -0.1) is 0 Å². The molecule has 2 rings (SSSR count). The Morgan fingerprint density at radius 1 is 1.53 bits per heavy atom. The summed E-state index contributed by atoms with van der Waals surface area (Å²) in [4.78, 5) is 11.8. The molecule has 0 atom stereocenters. The molecule has 0 radical (unpaired) electrons. The monoisotopic (exact) mass is 235 g/mol. The van der Waals surface area contributed by atoms with Crippen LogP contribution in [0.3, 0.4) is 0 Å². The van der Waals surface area contributed by atoms with Crippen LogP contribution in [0.4, 0.5) is 0 Å². The highest BCUT2D eigenvalue weighted by atomic mass is 16.1. The molecule has 1 aliphatic rings. The second kappa shape index (κ2) is 5.84. The van der Waals surface area contributed by atoms with E-state index in [1.807, 2.05) is 6.92 Å². The Morgan fingerprint density at radius 3 is 2.94 bits per heavy atom. The van der Waals surface area contributed by atoms with Gasteiger partial charge in [0.05, 0.1) is 11.8 Å². The Balaban J connectivity index is 1.65. The van der Waals surface area contributed by atoms with Crippen LogP contribution < -0.4 is 5.32 Å². The second-order valence-corrected chi connectivity index (χ2v) is 4.96. The predicted octanol–water partition coefficient (Wildman–Crippen LogP) is 2.42. The van der Waals surface area contributed by atoms with Gasteiger partial charge in [0.2, 0.25) is 0 Å². The Kier molecular flexibility index (Phi) is 4.18. The Bertz CT molecular complexity index is 366. The minimum atomic E-state index is -0.0114. The Labute approximate surface area is 102 Å². The van der Waals surface area contributed by atoms with Crippen LogP contribution in [0.5, 0.6) is 0 Å². The second-order valence-electron chi connectivity index (χ2n) is 4.96. The zero-order valence-corrected chi connectivity index (χ0v) is 10.5. The van der Waals surface area contributed by atoms with E-state index < -0.39 is 0 Å². The molecule has 0 aliphatic heterocycles. The lowest BCUT2D eigenvalue weighted by atomic mass is 10.0. The molecule has 1 aromatic heterocycles. The van der Waals surface area contributed by atoms with Crippen molar-refractivity contribution in [2.45, 2.75) is 45.4 Å². The number of carbonyl (C=O) groups is 1. The van der Waals surface area contributed by atoms with Gasteiger partial charge in [-0.05, 0) is 25.7 Å². The van der Waals surface area contributed by atoms with Crippen LogP contribution in [0.15, 0.2) is 6.20 Å². The molecule has 0 aromatic carbocycles. The van der Waals surface area contributed by atoms with Gasteiger partial charge in [-0.1, -0.05) is 25.7 Å². The van der Waals surface area contributed by atoms with E-state index in [1.165, 1.54) is 32.1 Å². The lowest BCUT2D eigenvalue weighted by Crippen LogP contribution is -2.25. The van der Waals surface area contributed by atoms with Crippen LogP contribution in [-0.2, 0) is 0 Å². The van der Waals surface area contributed by atoms with E-state index in [2.05, 4.69) is 15.5 Å². The fraction of sp³-hybridized carbons (Fsp3) is 0.692. The van der Waals surface area contributed by atoms with Crippen molar-refractivity contribution < 1.29 is 4.79 Å². The summed E-state index contributed by atoms with van der Waals surface area (Å²) in [5.74, 6) is 0.894. The van der Waals surface area contributed by atoms with Crippen molar-refractivity contribution >= 4 is 5.91 Å². The molecule has 0 unspecified atom stereocenters. The van der Waals surface area contributed by atoms with E-state index in [4.69, 9.17) is 0 Å². The molecule has 0 spiro atoms. The lowest BCUT2D eigenvalue weighted by Gasteiger charge is -2.09. The third-order valence-corrected chi connectivity index (χ3v) is 3.62. The SMILES string of the molecule is Cc1[nH]ncc1C(=O)NCCCC1CCCC1. The summed E-state index contributed by atoms with van der Waals surface area (Å²) < 4.78 is 0. The maximum atomic E-state index is 11.8. The van der Waals surface area contributed by atoms with Crippen LogP contribution >= 0.6 is 0 Å². The summed E-state index contributed by atoms with van der Waals surface area (Å²) >= 11 is 0. The molecule has 4 nitrogen and oxygen atoms in total. The fourth-order valence-corrected chi connectivity index (χ4v) is 2.57. The quantitative estimate of drug-likeness (QED) is 0.770. The first-order valence-electron chi connectivity index (χ1n) is 6.55. The van der Waals surface area contributed by atoms with Crippen LogP contribution in [0.2, 0.25) is 0 Å². The summed E-state index contributed by atoms with van der Waals surface area (Å²) in [5, 5.41) is 9.57. The molecule has 0 saturated heterocycles. The van der Waals surface area contributed by atoms with Gasteiger partial charge in [0, 0.05) is 12.2 Å². The van der Waals surface area contributed by atoms with Crippen LogP contribution in [-0.4, -0.2) is 22.6 Å². The number of H-pyrrole nitrogens is 1. The number of amides is 1. The predicted molar refractivity (Wildman–Crippen MR) is 66.8 cm³/mol. The highest BCUT2D eigenvalue weighted by Gasteiger charge is 2.14. The topological polar surface area (TPSA) is 57.8 Å². The molecule has 0 bridgehead atoms. The van der Waals surface area contributed by atoms with Crippen LogP contribution in [0.1, 0.15) is 54.6 Å². The largest absolute Gasteiger partial charge is 0.352 e. The number of rotatable bonds is 5. The van der Waals surface area contributed by atoms with Crippen molar-refractivity contribution in [1.82, 2.24) is 15.5 Å². The van der Waals surface area contributed by atoms with Gasteiger partial charge >= 0.3 is 0 Å². The fourth-order valence-electron chi connectivity index (χ4n) is 2.57. The van der Waals surface area contributed by atoms with Gasteiger partial charge in [0.15, 0.2) is 0 Å². The maximum Gasteiger partial charge on any atom is 0.254 e. The number of aryl methyl sites for hydroxylation is 1. The normalized spacial score (nSPS) is 16.3. The van der Waals surface area contributed by atoms with Crippen LogP contribution in [0, 0.1) is 12.8 Å². The van der Waals surface area contributed by atoms with Crippen molar-refractivity contribution in [2.75, 3.05) is 6.54 Å². The molecule has 17 heavy (non-hydrogen) atoms. The summed E-state index contributed by atoms with van der Waals surface area (Å²) in [5.41, 5.74) is 1.49. The standard InChI is InChI=1S/C13H21N3O/c1-10-12(9-15-16-10)13(17)14-8-4-7-11-5-2-3-6-11/h9,11H,2-8H2,1H3,(H,14,17)(H,15,16). The van der Waals surface area contributed by atoms with Gasteiger partial charge in [0.1, 0.15) is 0 Å². The third kappa shape index (κ3) is 3.32. The number of hydrogen-bond acceptors (Lipinski definition) is 2. The molecule has 1 amide bonds. The van der Waals surface area contributed by atoms with E-state index in [1.54, 1.807) is 6.20 Å². The van der Waals surface area contributed by atoms with E-state index in [0.29, 0.717) is 5.56 Å². The minimum absolute atomic E-state index is 0.0114. The van der Waals surface area contributed by atoms with Crippen LogP contribution in [0.25, 0.3) is 0 Å². The Morgan fingerprint density at radius 2 is 2.29 bits per heavy atom. The summed E-state index contributed by atoms with van der Waals surface area (Å²) in [6.07, 6.45) is 9.49. The lowest BCUT2D eigenvalue weighted by molar-refractivity contribution is 0.0952. The molecular weight excluding hydrogens is 214 g/mol. The third-order valence-electron chi connectivity index (χ3n) is 3.62. The molecule has 1 saturated carbocycles. The first kappa shape index (κ1) is 12.1. The van der Waals surface area contributed by atoms with E-state index in [-0.39, 0.29) is 5.91 Å². The number of carbonyl (C=O) groups excluding carboxylic acids is 1. The molecule has 4 heteroatoms. The molecule has 1 aliphatic carbocycles. The van der Waals surface area contributed by atoms with Gasteiger partial charge in [0.25, 0.3) is 5.91 Å². The summed E-state index contributed by atoms with van der Waals surface area (Å²) in [6.45, 7) is 2.64. The molecule has 94 valence electrons. The van der Waals surface area contributed by atoms with E-state index in [9.17, 15) is 4.79 Å². The average Bonchev–Trinajstić information content (AvgIpc) is 2.95. The van der Waals surface area contributed by atoms with E-state index >= 15 is 0 Å². The zero-order valence-electron chi connectivity index (χ0n) is 10.5. The average molecular weight is 235 g/mol. The molecule has 1 heterocycles. The van der Waals surface area contributed by atoms with E-state index in [0.717, 1.165) is 24.6 Å². The van der Waals surface area contributed by atoms with Crippen molar-refractivity contribution in [3.05, 3.63) is 17.5 Å². The number of hydrogen-bond donors (Lipinski definition) is 2. The molecule has 2 N–H and O–H groups in total. The van der Waals surface area contributed by atoms with Gasteiger partial charge in [-0.25, -0.2) is 0 Å².